The molecule has 0 amide bonds. The SMILES string of the molecule is Cc1ccc(-c2ccccc2-c2nnn(C(c3ccccc3)(c3ccccc3)c3ccccc3)n2)cc1F. The highest BCUT2D eigenvalue weighted by Gasteiger charge is 2.41. The Balaban J connectivity index is 1.59. The summed E-state index contributed by atoms with van der Waals surface area (Å²) in [7, 11) is 0. The maximum Gasteiger partial charge on any atom is 0.205 e. The summed E-state index contributed by atoms with van der Waals surface area (Å²) in [5.74, 6) is 0.221. The standard InChI is InChI=1S/C33H25FN4/c1-24-21-22-25(23-31(24)34)29-19-11-12-20-30(29)32-35-37-38(36-32)33(26-13-5-2-6-14-26,27-15-7-3-8-16-27)28-17-9-4-10-18-28/h2-23H,1H3. The van der Waals surface area contributed by atoms with E-state index in [1.54, 1.807) is 23.9 Å². The minimum atomic E-state index is -0.861. The summed E-state index contributed by atoms with van der Waals surface area (Å²) in [6, 6.07) is 43.7. The minimum Gasteiger partial charge on any atom is -0.207 e. The fraction of sp³-hybridized carbons (Fsp3) is 0.0606. The second kappa shape index (κ2) is 9.87. The quantitative estimate of drug-likeness (QED) is 0.227. The predicted molar refractivity (Wildman–Crippen MR) is 148 cm³/mol. The number of hydrogen-bond donors (Lipinski definition) is 0. The highest BCUT2D eigenvalue weighted by molar-refractivity contribution is 5.80. The van der Waals surface area contributed by atoms with E-state index in [1.807, 2.05) is 84.9 Å². The van der Waals surface area contributed by atoms with Crippen molar-refractivity contribution in [2.24, 2.45) is 0 Å². The van der Waals surface area contributed by atoms with Crippen molar-refractivity contribution in [2.45, 2.75) is 12.5 Å². The van der Waals surface area contributed by atoms with Gasteiger partial charge in [-0.3, -0.25) is 0 Å². The Hall–Kier alpha value is -4.90. The van der Waals surface area contributed by atoms with Gasteiger partial charge in [0.2, 0.25) is 5.82 Å². The van der Waals surface area contributed by atoms with Gasteiger partial charge in [0.25, 0.3) is 0 Å². The maximum absolute atomic E-state index is 14.5. The summed E-state index contributed by atoms with van der Waals surface area (Å²) in [4.78, 5) is 1.70. The topological polar surface area (TPSA) is 43.6 Å². The lowest BCUT2D eigenvalue weighted by molar-refractivity contribution is 0.396. The van der Waals surface area contributed by atoms with Gasteiger partial charge < -0.3 is 0 Å². The third-order valence-electron chi connectivity index (χ3n) is 6.94. The van der Waals surface area contributed by atoms with E-state index in [1.165, 1.54) is 0 Å². The molecule has 0 radical (unpaired) electrons. The molecule has 6 aromatic rings. The summed E-state index contributed by atoms with van der Waals surface area (Å²) in [5, 5.41) is 14.2. The minimum absolute atomic E-state index is 0.245. The lowest BCUT2D eigenvalue weighted by Crippen LogP contribution is -2.39. The van der Waals surface area contributed by atoms with Crippen molar-refractivity contribution in [2.75, 3.05) is 0 Å². The molecule has 0 saturated carbocycles. The Morgan fingerprint density at radius 1 is 0.605 bits per heavy atom. The summed E-state index contributed by atoms with van der Waals surface area (Å²) in [5.41, 5.74) is 5.16. The monoisotopic (exact) mass is 496 g/mol. The van der Waals surface area contributed by atoms with Crippen LogP contribution in [0, 0.1) is 12.7 Å². The Labute approximate surface area is 221 Å². The van der Waals surface area contributed by atoms with Gasteiger partial charge >= 0.3 is 0 Å². The molecule has 0 N–H and O–H groups in total. The fourth-order valence-electron chi connectivity index (χ4n) is 5.04. The van der Waals surface area contributed by atoms with E-state index in [4.69, 9.17) is 5.10 Å². The van der Waals surface area contributed by atoms with E-state index in [0.717, 1.165) is 33.4 Å². The largest absolute Gasteiger partial charge is 0.207 e. The van der Waals surface area contributed by atoms with Gasteiger partial charge in [-0.25, -0.2) is 4.39 Å². The van der Waals surface area contributed by atoms with Crippen molar-refractivity contribution in [3.63, 3.8) is 0 Å². The van der Waals surface area contributed by atoms with E-state index in [2.05, 4.69) is 46.7 Å². The number of nitrogens with zero attached hydrogens (tertiary/aromatic N) is 4. The molecule has 0 aliphatic carbocycles. The van der Waals surface area contributed by atoms with E-state index in [0.29, 0.717) is 11.4 Å². The molecule has 0 saturated heterocycles. The highest BCUT2D eigenvalue weighted by atomic mass is 19.1. The van der Waals surface area contributed by atoms with Crippen LogP contribution in [-0.4, -0.2) is 20.2 Å². The van der Waals surface area contributed by atoms with Gasteiger partial charge in [0.1, 0.15) is 5.82 Å². The molecule has 0 bridgehead atoms. The van der Waals surface area contributed by atoms with Crippen LogP contribution in [0.2, 0.25) is 0 Å². The third-order valence-corrected chi connectivity index (χ3v) is 6.94. The number of aromatic nitrogens is 4. The van der Waals surface area contributed by atoms with Gasteiger partial charge in [-0.15, -0.1) is 15.0 Å². The van der Waals surface area contributed by atoms with Crippen LogP contribution in [0.1, 0.15) is 22.3 Å². The molecule has 0 atom stereocenters. The first-order valence-electron chi connectivity index (χ1n) is 12.5. The lowest BCUT2D eigenvalue weighted by atomic mass is 9.77. The van der Waals surface area contributed by atoms with E-state index in [9.17, 15) is 4.39 Å². The van der Waals surface area contributed by atoms with Crippen LogP contribution in [0.15, 0.2) is 133 Å². The number of hydrogen-bond acceptors (Lipinski definition) is 3. The van der Waals surface area contributed by atoms with Crippen LogP contribution in [-0.2, 0) is 5.54 Å². The van der Waals surface area contributed by atoms with Crippen LogP contribution in [0.3, 0.4) is 0 Å². The Morgan fingerprint density at radius 2 is 1.11 bits per heavy atom. The van der Waals surface area contributed by atoms with E-state index < -0.39 is 5.54 Å². The lowest BCUT2D eigenvalue weighted by Gasteiger charge is -2.34. The average Bonchev–Trinajstić information content (AvgIpc) is 3.47. The number of aryl methyl sites for hydroxylation is 1. The molecule has 6 rings (SSSR count). The second-order valence-corrected chi connectivity index (χ2v) is 9.22. The van der Waals surface area contributed by atoms with Crippen molar-refractivity contribution >= 4 is 0 Å². The smallest absolute Gasteiger partial charge is 0.205 e. The van der Waals surface area contributed by atoms with Crippen LogP contribution in [0.25, 0.3) is 22.5 Å². The molecule has 0 aliphatic rings. The average molecular weight is 497 g/mol. The maximum atomic E-state index is 14.5. The Morgan fingerprint density at radius 3 is 1.63 bits per heavy atom. The Kier molecular flexibility index (Phi) is 6.10. The molecule has 1 heterocycles. The molecule has 5 aromatic carbocycles. The van der Waals surface area contributed by atoms with E-state index >= 15 is 0 Å². The summed E-state index contributed by atoms with van der Waals surface area (Å²) >= 11 is 0. The fourth-order valence-corrected chi connectivity index (χ4v) is 5.04. The number of benzene rings is 5. The zero-order valence-electron chi connectivity index (χ0n) is 20.9. The van der Waals surface area contributed by atoms with Gasteiger partial charge in [-0.05, 0) is 51.6 Å². The van der Waals surface area contributed by atoms with Crippen LogP contribution in [0.4, 0.5) is 4.39 Å². The molecule has 4 nitrogen and oxygen atoms in total. The molecule has 1 aromatic heterocycles. The van der Waals surface area contributed by atoms with Gasteiger partial charge in [-0.2, -0.15) is 0 Å². The van der Waals surface area contributed by atoms with Gasteiger partial charge in [0, 0.05) is 5.56 Å². The molecule has 38 heavy (non-hydrogen) atoms. The Bertz CT molecular complexity index is 1580. The van der Waals surface area contributed by atoms with Crippen molar-refractivity contribution in [3.05, 3.63) is 162 Å². The number of halogens is 1. The predicted octanol–water partition coefficient (Wildman–Crippen LogP) is 7.29. The van der Waals surface area contributed by atoms with Crippen molar-refractivity contribution in [1.29, 1.82) is 0 Å². The highest BCUT2D eigenvalue weighted by Crippen LogP contribution is 2.40. The van der Waals surface area contributed by atoms with Crippen LogP contribution in [0.5, 0.6) is 0 Å². The molecule has 0 spiro atoms. The number of rotatable bonds is 6. The summed E-state index contributed by atoms with van der Waals surface area (Å²) in [6.07, 6.45) is 0. The van der Waals surface area contributed by atoms with Crippen molar-refractivity contribution in [3.8, 4) is 22.5 Å². The van der Waals surface area contributed by atoms with E-state index in [-0.39, 0.29) is 5.82 Å². The molecular formula is C33H25FN4. The summed E-state index contributed by atoms with van der Waals surface area (Å²) < 4.78 is 14.5. The molecule has 5 heteroatoms. The first-order valence-corrected chi connectivity index (χ1v) is 12.5. The summed E-state index contributed by atoms with van der Waals surface area (Å²) in [6.45, 7) is 1.76. The second-order valence-electron chi connectivity index (χ2n) is 9.22. The third kappa shape index (κ3) is 3.98. The van der Waals surface area contributed by atoms with Gasteiger partial charge in [-0.1, -0.05) is 127 Å². The first kappa shape index (κ1) is 23.5. The zero-order valence-corrected chi connectivity index (χ0v) is 20.9. The zero-order chi connectivity index (χ0) is 26.0. The molecule has 0 aliphatic heterocycles. The van der Waals surface area contributed by atoms with Crippen LogP contribution >= 0.6 is 0 Å². The molecule has 0 unspecified atom stereocenters. The molecular weight excluding hydrogens is 471 g/mol. The first-order chi connectivity index (χ1) is 18.7. The molecule has 0 fully saturated rings. The van der Waals surface area contributed by atoms with Crippen molar-refractivity contribution in [1.82, 2.24) is 20.2 Å². The molecule has 184 valence electrons. The normalized spacial score (nSPS) is 11.4. The van der Waals surface area contributed by atoms with Crippen molar-refractivity contribution < 1.29 is 4.39 Å². The van der Waals surface area contributed by atoms with Gasteiger partial charge in [0.05, 0.1) is 0 Å². The van der Waals surface area contributed by atoms with Crippen LogP contribution < -0.4 is 0 Å². The van der Waals surface area contributed by atoms with Gasteiger partial charge in [0.15, 0.2) is 5.54 Å². The number of tetrazole rings is 1.